The van der Waals surface area contributed by atoms with E-state index in [1.54, 1.807) is 4.57 Å². The minimum atomic E-state index is -0.532. The van der Waals surface area contributed by atoms with Gasteiger partial charge in [0.15, 0.2) is 5.16 Å². The minimum Gasteiger partial charge on any atom is -0.465 e. The molecule has 3 heterocycles. The highest BCUT2D eigenvalue weighted by Gasteiger charge is 2.23. The van der Waals surface area contributed by atoms with Crippen LogP contribution in [0.4, 0.5) is 5.00 Å². The number of ether oxygens (including phenoxy) is 1. The summed E-state index contributed by atoms with van der Waals surface area (Å²) in [6.45, 7) is 0. The number of benzene rings is 3. The third kappa shape index (κ3) is 5.39. The first-order valence-corrected chi connectivity index (χ1v) is 15.6. The van der Waals surface area contributed by atoms with Gasteiger partial charge in [-0.05, 0) is 23.3 Å². The second kappa shape index (κ2) is 12.2. The highest BCUT2D eigenvalue weighted by molar-refractivity contribution is 7.99. The van der Waals surface area contributed by atoms with Crippen LogP contribution in [0.15, 0.2) is 112 Å². The molecule has 7 nitrogen and oxygen atoms in total. The molecule has 208 valence electrons. The molecular formula is C32H23N3O4S3. The molecule has 0 aliphatic heterocycles. The maximum atomic E-state index is 14.0. The normalized spacial score (nSPS) is 11.0. The summed E-state index contributed by atoms with van der Waals surface area (Å²) in [6, 6.07) is 28.5. The van der Waals surface area contributed by atoms with E-state index in [1.807, 2.05) is 102 Å². The average molecular weight is 610 g/mol. The molecule has 0 unspecified atom stereocenters. The maximum Gasteiger partial charge on any atom is 0.341 e. The fraction of sp³-hybridized carbons (Fsp3) is 0.0625. The molecule has 0 radical (unpaired) electrons. The van der Waals surface area contributed by atoms with Gasteiger partial charge in [-0.2, -0.15) is 0 Å². The van der Waals surface area contributed by atoms with Crippen molar-refractivity contribution in [2.75, 3.05) is 18.2 Å². The minimum absolute atomic E-state index is 0.0269. The standard InChI is InChI=1S/C32H23N3O4S3/c1-39-31(38)27-24(21-13-7-3-8-14-21)18-41-29(27)33-25(36)19-42-32-34-28-26(23(17-40-28)20-11-5-2-6-12-20)30(37)35(32)22-15-9-4-10-16-22/h2-18H,19H2,1H3,(H,33,36). The predicted molar refractivity (Wildman–Crippen MR) is 171 cm³/mol. The first kappa shape index (κ1) is 27.6. The summed E-state index contributed by atoms with van der Waals surface area (Å²) in [7, 11) is 1.31. The van der Waals surface area contributed by atoms with Gasteiger partial charge in [-0.25, -0.2) is 9.78 Å². The van der Waals surface area contributed by atoms with Gasteiger partial charge in [0.2, 0.25) is 5.91 Å². The molecule has 0 atom stereocenters. The second-order valence-corrected chi connectivity index (χ2v) is 11.8. The monoisotopic (exact) mass is 609 g/mol. The topological polar surface area (TPSA) is 90.3 Å². The zero-order valence-electron chi connectivity index (χ0n) is 22.3. The number of nitrogens with one attached hydrogen (secondary N) is 1. The average Bonchev–Trinajstić information content (AvgIpc) is 3.66. The van der Waals surface area contributed by atoms with E-state index >= 15 is 0 Å². The molecule has 3 aromatic heterocycles. The van der Waals surface area contributed by atoms with E-state index < -0.39 is 5.97 Å². The molecule has 1 N–H and O–H groups in total. The maximum absolute atomic E-state index is 14.0. The van der Waals surface area contributed by atoms with Gasteiger partial charge in [0.25, 0.3) is 5.56 Å². The summed E-state index contributed by atoms with van der Waals surface area (Å²) >= 11 is 3.82. The Morgan fingerprint density at radius 2 is 1.45 bits per heavy atom. The van der Waals surface area contributed by atoms with Crippen LogP contribution in [-0.2, 0) is 9.53 Å². The van der Waals surface area contributed by atoms with E-state index in [-0.39, 0.29) is 17.2 Å². The smallest absolute Gasteiger partial charge is 0.341 e. The SMILES string of the molecule is COC(=O)c1c(-c2ccccc2)csc1NC(=O)CSc1nc2scc(-c3ccccc3)c2c(=O)n1-c1ccccc1. The van der Waals surface area contributed by atoms with Crippen molar-refractivity contribution in [3.63, 3.8) is 0 Å². The number of anilines is 1. The number of carbonyl (C=O) groups is 2. The molecule has 0 saturated heterocycles. The van der Waals surface area contributed by atoms with Crippen LogP contribution in [0.5, 0.6) is 0 Å². The van der Waals surface area contributed by atoms with Crippen molar-refractivity contribution in [1.29, 1.82) is 0 Å². The van der Waals surface area contributed by atoms with Crippen LogP contribution in [0.2, 0.25) is 0 Å². The van der Waals surface area contributed by atoms with E-state index in [0.717, 1.165) is 28.5 Å². The number of thioether (sulfide) groups is 1. The van der Waals surface area contributed by atoms with E-state index in [0.29, 0.717) is 37.2 Å². The number of fused-ring (bicyclic) bond motifs is 1. The Balaban J connectivity index is 1.32. The van der Waals surface area contributed by atoms with Gasteiger partial charge < -0.3 is 10.1 Å². The zero-order chi connectivity index (χ0) is 29.1. The molecule has 1 amide bonds. The molecule has 0 fully saturated rings. The Hall–Kier alpha value is -4.51. The molecule has 42 heavy (non-hydrogen) atoms. The van der Waals surface area contributed by atoms with Crippen LogP contribution in [0, 0.1) is 0 Å². The Labute approximate surface area is 253 Å². The Morgan fingerprint density at radius 3 is 2.10 bits per heavy atom. The third-order valence-electron chi connectivity index (χ3n) is 6.53. The molecule has 6 rings (SSSR count). The first-order valence-electron chi connectivity index (χ1n) is 12.9. The number of amides is 1. The number of aromatic nitrogens is 2. The largest absolute Gasteiger partial charge is 0.465 e. The van der Waals surface area contributed by atoms with Crippen LogP contribution in [0.3, 0.4) is 0 Å². The van der Waals surface area contributed by atoms with Gasteiger partial charge in [-0.15, -0.1) is 22.7 Å². The number of para-hydroxylation sites is 1. The number of nitrogens with zero attached hydrogens (tertiary/aromatic N) is 2. The molecular weight excluding hydrogens is 587 g/mol. The number of esters is 1. The number of rotatable bonds is 8. The van der Waals surface area contributed by atoms with Crippen molar-refractivity contribution in [2.45, 2.75) is 5.16 Å². The van der Waals surface area contributed by atoms with Crippen molar-refractivity contribution in [2.24, 2.45) is 0 Å². The van der Waals surface area contributed by atoms with Crippen molar-refractivity contribution in [1.82, 2.24) is 9.55 Å². The fourth-order valence-corrected chi connectivity index (χ4v) is 7.36. The van der Waals surface area contributed by atoms with Gasteiger partial charge in [0.05, 0.1) is 23.9 Å². The van der Waals surface area contributed by atoms with Crippen LogP contribution in [-0.4, -0.2) is 34.3 Å². The summed E-state index contributed by atoms with van der Waals surface area (Å²) in [5, 5.41) is 7.99. The van der Waals surface area contributed by atoms with E-state index in [1.165, 1.54) is 29.8 Å². The lowest BCUT2D eigenvalue weighted by Crippen LogP contribution is -2.22. The quantitative estimate of drug-likeness (QED) is 0.110. The van der Waals surface area contributed by atoms with Gasteiger partial charge in [-0.1, -0.05) is 90.6 Å². The van der Waals surface area contributed by atoms with Crippen molar-refractivity contribution in [3.05, 3.63) is 118 Å². The zero-order valence-corrected chi connectivity index (χ0v) is 24.7. The van der Waals surface area contributed by atoms with E-state index in [9.17, 15) is 14.4 Å². The lowest BCUT2D eigenvalue weighted by Gasteiger charge is -2.13. The molecule has 0 spiro atoms. The van der Waals surface area contributed by atoms with Gasteiger partial charge in [-0.3, -0.25) is 14.2 Å². The molecule has 0 saturated carbocycles. The summed E-state index contributed by atoms with van der Waals surface area (Å²) in [4.78, 5) is 45.3. The first-order chi connectivity index (χ1) is 20.5. The van der Waals surface area contributed by atoms with Crippen LogP contribution >= 0.6 is 34.4 Å². The van der Waals surface area contributed by atoms with Crippen molar-refractivity contribution >= 4 is 61.5 Å². The second-order valence-electron chi connectivity index (χ2n) is 9.11. The van der Waals surface area contributed by atoms with Gasteiger partial charge in [0.1, 0.15) is 15.4 Å². The fourth-order valence-electron chi connectivity index (χ4n) is 4.58. The number of hydrogen-bond acceptors (Lipinski definition) is 8. The van der Waals surface area contributed by atoms with E-state index in [2.05, 4.69) is 5.32 Å². The van der Waals surface area contributed by atoms with Gasteiger partial charge >= 0.3 is 5.97 Å². The highest BCUT2D eigenvalue weighted by Crippen LogP contribution is 2.37. The Morgan fingerprint density at radius 1 is 0.857 bits per heavy atom. The van der Waals surface area contributed by atoms with Crippen molar-refractivity contribution < 1.29 is 14.3 Å². The molecule has 3 aromatic carbocycles. The van der Waals surface area contributed by atoms with Crippen LogP contribution in [0.25, 0.3) is 38.2 Å². The predicted octanol–water partition coefficient (Wildman–Crippen LogP) is 7.36. The van der Waals surface area contributed by atoms with Gasteiger partial charge in [0, 0.05) is 21.9 Å². The molecule has 10 heteroatoms. The van der Waals surface area contributed by atoms with Crippen molar-refractivity contribution in [3.8, 4) is 27.9 Å². The highest BCUT2D eigenvalue weighted by atomic mass is 32.2. The Kier molecular flexibility index (Phi) is 8.00. The number of methoxy groups -OCH3 is 1. The summed E-state index contributed by atoms with van der Waals surface area (Å²) < 4.78 is 6.58. The number of hydrogen-bond donors (Lipinski definition) is 1. The molecule has 0 aliphatic rings. The van der Waals surface area contributed by atoms with Crippen LogP contribution < -0.4 is 10.9 Å². The Bertz CT molecular complexity index is 1950. The lowest BCUT2D eigenvalue weighted by molar-refractivity contribution is -0.113. The summed E-state index contributed by atoms with van der Waals surface area (Å²) in [6.07, 6.45) is 0. The summed E-state index contributed by atoms with van der Waals surface area (Å²) in [5.41, 5.74) is 4.06. The van der Waals surface area contributed by atoms with E-state index in [4.69, 9.17) is 9.72 Å². The lowest BCUT2D eigenvalue weighted by atomic mass is 10.0. The summed E-state index contributed by atoms with van der Waals surface area (Å²) in [5.74, 6) is -0.896. The third-order valence-corrected chi connectivity index (χ3v) is 9.23. The number of carbonyl (C=O) groups excluding carboxylic acids is 2. The molecule has 0 aliphatic carbocycles. The molecule has 6 aromatic rings. The number of thiophene rings is 2. The van der Waals surface area contributed by atoms with Crippen LogP contribution in [0.1, 0.15) is 10.4 Å². The molecule has 0 bridgehead atoms.